The van der Waals surface area contributed by atoms with E-state index < -0.39 is 22.3 Å². The van der Waals surface area contributed by atoms with Crippen molar-refractivity contribution in [3.8, 4) is 11.5 Å². The minimum atomic E-state index is -4.64. The zero-order valence-electron chi connectivity index (χ0n) is 40.3. The van der Waals surface area contributed by atoms with E-state index in [0.29, 0.717) is 0 Å². The van der Waals surface area contributed by atoms with Crippen LogP contribution in [-0.4, -0.2) is 28.9 Å². The van der Waals surface area contributed by atoms with Crippen LogP contribution in [0.5, 0.6) is 11.5 Å². The van der Waals surface area contributed by atoms with Gasteiger partial charge in [0.15, 0.2) is 0 Å². The van der Waals surface area contributed by atoms with Gasteiger partial charge >= 0.3 is 382 Å². The van der Waals surface area contributed by atoms with Gasteiger partial charge in [-0.3, -0.25) is 0 Å². The van der Waals surface area contributed by atoms with Crippen LogP contribution in [0.25, 0.3) is 0 Å². The smallest absolute Gasteiger partial charge is 0.303 e. The fourth-order valence-electron chi connectivity index (χ4n) is 9.59. The first kappa shape index (κ1) is 53.6. The predicted octanol–water partition coefficient (Wildman–Crippen LogP) is 11.2. The topological polar surface area (TPSA) is 96.2 Å². The van der Waals surface area contributed by atoms with Crippen LogP contribution in [0.1, 0.15) is 44.5 Å². The molecule has 3 N–H and O–H groups in total. The van der Waals surface area contributed by atoms with E-state index in [0.717, 1.165) is 23.8 Å². The number of ether oxygens (including phenoxy) is 2. The Bertz CT molecular complexity index is 2740. The second kappa shape index (κ2) is 24.3. The number of hydrogen-bond acceptors (Lipinski definition) is 3. The van der Waals surface area contributed by atoms with Gasteiger partial charge in [0.1, 0.15) is 0 Å². The van der Waals surface area contributed by atoms with Gasteiger partial charge in [-0.15, -0.1) is 12.4 Å². The van der Waals surface area contributed by atoms with Crippen LogP contribution in [0.4, 0.5) is 0 Å². The summed E-state index contributed by atoms with van der Waals surface area (Å²) in [6.07, 6.45) is 1.98. The Morgan fingerprint density at radius 1 is 0.397 bits per heavy atom. The molecular weight excluding hydrogens is 921 g/mol. The van der Waals surface area contributed by atoms with Gasteiger partial charge in [-0.1, -0.05) is 0 Å². The van der Waals surface area contributed by atoms with E-state index >= 15 is 0 Å². The van der Waals surface area contributed by atoms with E-state index in [1.807, 2.05) is 12.1 Å². The van der Waals surface area contributed by atoms with Crippen molar-refractivity contribution < 1.29 is 28.7 Å². The van der Waals surface area contributed by atoms with Crippen LogP contribution in [-0.2, 0) is 16.9 Å². The Hall–Kier alpha value is -5.38. The number of benzene rings is 8. The third-order valence-corrected chi connectivity index (χ3v) is 22.8. The predicted molar refractivity (Wildman–Crippen MR) is 296 cm³/mol. The number of aryl methyl sites for hydroxylation is 6. The summed E-state index contributed by atoms with van der Waals surface area (Å²) in [5, 5.41) is 8.81. The van der Waals surface area contributed by atoms with Gasteiger partial charge in [0.25, 0.3) is 0 Å². The van der Waals surface area contributed by atoms with Crippen LogP contribution in [0, 0.1) is 41.5 Å². The average molecular weight is 988 g/mol. The number of rotatable bonds is 12. The molecule has 0 aliphatic carbocycles. The van der Waals surface area contributed by atoms with E-state index in [2.05, 4.69) is 224 Å². The van der Waals surface area contributed by atoms with E-state index in [-0.39, 0.29) is 12.4 Å². The normalized spacial score (nSPS) is 11.7. The molecule has 68 heavy (non-hydrogen) atoms. The van der Waals surface area contributed by atoms with Crippen LogP contribution >= 0.6 is 34.8 Å². The summed E-state index contributed by atoms with van der Waals surface area (Å²) in [5.74, 6) is 1.83. The molecule has 0 saturated carbocycles. The number of methoxy groups -OCH3 is 2. The Kier molecular flexibility index (Phi) is 19.1. The molecule has 10 heteroatoms. The second-order valence-electron chi connectivity index (χ2n) is 17.4. The zero-order valence-corrected chi connectivity index (χ0v) is 44.0. The van der Waals surface area contributed by atoms with Gasteiger partial charge in [-0.25, -0.2) is 4.57 Å². The molecule has 0 heterocycles. The van der Waals surface area contributed by atoms with E-state index in [9.17, 15) is 0 Å². The molecule has 0 fully saturated rings. The summed E-state index contributed by atoms with van der Waals surface area (Å²) in [4.78, 5) is 21.6. The molecule has 0 aliphatic heterocycles. The SMILES string of the molecule is COc1cccc(C[PH](c2cccc(C)c2)(c2cccc(C)c2)c2cccc(C)c2)c1.COc1cccc(C[PH](c2ccccc2C)(c2ccccc2C)c2ccccc2C)c1.Cl.O=P(O)(O)O. The molecule has 0 aromatic heterocycles. The number of hydrogen-bond donors (Lipinski definition) is 3. The third-order valence-electron chi connectivity index (χ3n) is 12.6. The number of phosphoric acid groups is 1. The molecule has 8 aromatic carbocycles. The Morgan fingerprint density at radius 2 is 0.691 bits per heavy atom. The zero-order chi connectivity index (χ0) is 48.2. The second-order valence-corrected chi connectivity index (χ2v) is 26.1. The maximum absolute atomic E-state index is 8.88. The molecule has 8 rings (SSSR count). The monoisotopic (exact) mass is 986 g/mol. The maximum Gasteiger partial charge on any atom is 0.466 e. The molecule has 0 saturated heterocycles. The fraction of sp³-hybridized carbons (Fsp3) is 0.172. The Balaban J connectivity index is 0.000000228. The van der Waals surface area contributed by atoms with Crippen LogP contribution in [0.15, 0.2) is 194 Å². The molecule has 0 radical (unpaired) electrons. The summed E-state index contributed by atoms with van der Waals surface area (Å²) in [5.41, 5.74) is 10.6. The molecule has 0 bridgehead atoms. The van der Waals surface area contributed by atoms with Crippen LogP contribution in [0.2, 0.25) is 0 Å². The first-order valence-corrected chi connectivity index (χ1v) is 28.5. The van der Waals surface area contributed by atoms with Crippen molar-refractivity contribution in [2.45, 2.75) is 53.9 Å². The van der Waals surface area contributed by atoms with E-state index in [1.54, 1.807) is 14.2 Å². The van der Waals surface area contributed by atoms with Gasteiger partial charge in [-0.05, 0) is 0 Å². The Morgan fingerprint density at radius 3 is 0.985 bits per heavy atom. The first-order chi connectivity index (χ1) is 32.1. The standard InChI is InChI=1S/2C29H31OP.ClH.H3O4P/c1-22-9-5-14-27(17-22)31(28-15-6-10-23(2)18-28,29-16-7-11-24(3)19-29)21-25-12-8-13-26(20-25)30-4;1-22-12-5-8-17-27(22)31(28-18-9-6-13-23(28)2,29-19-10-7-14-24(29)3)21-25-15-11-16-26(20-25)30-4;;1-5(2,3)4/h2*5-20,31H,21H2,1-4H3;1H;(H3,1,2,3,4). The minimum absolute atomic E-state index is 0. The van der Waals surface area contributed by atoms with Crippen molar-refractivity contribution in [2.24, 2.45) is 0 Å². The third kappa shape index (κ3) is 13.2. The van der Waals surface area contributed by atoms with Gasteiger partial charge in [0.2, 0.25) is 0 Å². The molecule has 0 spiro atoms. The quantitative estimate of drug-likeness (QED) is 0.106. The average Bonchev–Trinajstić information content (AvgIpc) is 3.30. The molecule has 6 nitrogen and oxygen atoms in total. The number of halogens is 1. The van der Waals surface area contributed by atoms with E-state index in [4.69, 9.17) is 28.7 Å². The van der Waals surface area contributed by atoms with Crippen molar-refractivity contribution in [2.75, 3.05) is 14.2 Å². The van der Waals surface area contributed by atoms with Gasteiger partial charge < -0.3 is 14.7 Å². The molecule has 8 aromatic rings. The fourth-order valence-corrected chi connectivity index (χ4v) is 20.3. The van der Waals surface area contributed by atoms with Crippen molar-refractivity contribution in [1.29, 1.82) is 0 Å². The first-order valence-electron chi connectivity index (χ1n) is 22.5. The Labute approximate surface area is 411 Å². The van der Waals surface area contributed by atoms with Crippen LogP contribution in [0.3, 0.4) is 0 Å². The summed E-state index contributed by atoms with van der Waals surface area (Å²) < 4.78 is 20.0. The molecular formula is C58H66ClO6P3. The summed E-state index contributed by atoms with van der Waals surface area (Å²) in [7, 11) is -5.89. The molecule has 0 atom stereocenters. The van der Waals surface area contributed by atoms with Crippen molar-refractivity contribution in [3.05, 3.63) is 239 Å². The summed E-state index contributed by atoms with van der Waals surface area (Å²) in [6.45, 7) is 13.4. The van der Waals surface area contributed by atoms with Crippen LogP contribution < -0.4 is 41.3 Å². The van der Waals surface area contributed by atoms with Gasteiger partial charge in [-0.2, -0.15) is 0 Å². The maximum atomic E-state index is 8.88. The van der Waals surface area contributed by atoms with Gasteiger partial charge in [0.05, 0.1) is 0 Å². The van der Waals surface area contributed by atoms with Gasteiger partial charge in [0, 0.05) is 0 Å². The van der Waals surface area contributed by atoms with Crippen molar-refractivity contribution in [1.82, 2.24) is 0 Å². The largest absolute Gasteiger partial charge is 0.466 e. The van der Waals surface area contributed by atoms with E-state index in [1.165, 1.54) is 76.3 Å². The molecule has 0 aliphatic rings. The molecule has 0 amide bonds. The summed E-state index contributed by atoms with van der Waals surface area (Å²) >= 11 is 0. The molecule has 0 unspecified atom stereocenters. The summed E-state index contributed by atoms with van der Waals surface area (Å²) in [6, 6.07) is 71.5. The minimum Gasteiger partial charge on any atom is -0.303 e. The molecule has 356 valence electrons. The van der Waals surface area contributed by atoms with Crippen molar-refractivity contribution in [3.63, 3.8) is 0 Å². The van der Waals surface area contributed by atoms with Crippen molar-refractivity contribution >= 4 is 66.6 Å².